The van der Waals surface area contributed by atoms with Gasteiger partial charge in [-0.2, -0.15) is 0 Å². The predicted octanol–water partition coefficient (Wildman–Crippen LogP) is 3.24. The Hall–Kier alpha value is -1.00. The second-order valence-electron chi connectivity index (χ2n) is 5.87. The van der Waals surface area contributed by atoms with Crippen LogP contribution in [0.3, 0.4) is 0 Å². The minimum atomic E-state index is -0.500. The maximum Gasteiger partial charge on any atom is 0.233 e. The summed E-state index contributed by atoms with van der Waals surface area (Å²) in [5.41, 5.74) is 0.914. The molecular formula is C17H25NO2S. The minimum absolute atomic E-state index is 0.208. The first kappa shape index (κ1) is 16.4. The molecule has 1 aromatic carbocycles. The quantitative estimate of drug-likeness (QED) is 0.908. The van der Waals surface area contributed by atoms with Gasteiger partial charge in [0.2, 0.25) is 5.91 Å². The zero-order valence-electron chi connectivity index (χ0n) is 12.9. The Kier molecular flexibility index (Phi) is 6.12. The molecule has 0 radical (unpaired) electrons. The number of carbonyl (C=O) groups excluding carboxylic acids is 1. The van der Waals surface area contributed by atoms with Gasteiger partial charge in [-0.15, -0.1) is 11.8 Å². The van der Waals surface area contributed by atoms with E-state index in [0.717, 1.165) is 18.4 Å². The molecule has 0 aliphatic carbocycles. The fourth-order valence-corrected chi connectivity index (χ4v) is 3.87. The Morgan fingerprint density at radius 2 is 1.90 bits per heavy atom. The van der Waals surface area contributed by atoms with Gasteiger partial charge in [0.15, 0.2) is 0 Å². The van der Waals surface area contributed by atoms with Crippen molar-refractivity contribution in [3.8, 4) is 0 Å². The maximum atomic E-state index is 12.4. The van der Waals surface area contributed by atoms with Gasteiger partial charge in [-0.25, -0.2) is 0 Å². The van der Waals surface area contributed by atoms with Crippen molar-refractivity contribution >= 4 is 17.7 Å². The van der Waals surface area contributed by atoms with Crippen LogP contribution in [0.2, 0.25) is 0 Å². The average Bonchev–Trinajstić information content (AvgIpc) is 2.48. The molecule has 0 aromatic heterocycles. The second-order valence-corrected chi connectivity index (χ2v) is 6.90. The standard InChI is InChI=1S/C17H25NO2S/c1-13-7-6-8-14(2)18(13)17(20)12-21-11-16(19)15-9-4-3-5-10-15/h3-5,9-10,13-14,16,19H,6-8,11-12H2,1-2H3/t13-,14+,16-/m1/s1. The fraction of sp³-hybridized carbons (Fsp3) is 0.588. The second kappa shape index (κ2) is 7.85. The number of hydrogen-bond acceptors (Lipinski definition) is 3. The Labute approximate surface area is 131 Å². The zero-order valence-corrected chi connectivity index (χ0v) is 13.7. The lowest BCUT2D eigenvalue weighted by Gasteiger charge is -2.39. The first-order valence-electron chi connectivity index (χ1n) is 7.71. The summed E-state index contributed by atoms with van der Waals surface area (Å²) in [4.78, 5) is 14.4. The lowest BCUT2D eigenvalue weighted by molar-refractivity contribution is -0.134. The number of rotatable bonds is 5. The summed E-state index contributed by atoms with van der Waals surface area (Å²) < 4.78 is 0. The number of nitrogens with zero attached hydrogens (tertiary/aromatic N) is 1. The van der Waals surface area contributed by atoms with Crippen LogP contribution in [0.4, 0.5) is 0 Å². The summed E-state index contributed by atoms with van der Waals surface area (Å²) in [5.74, 6) is 1.23. The highest BCUT2D eigenvalue weighted by Crippen LogP contribution is 2.24. The van der Waals surface area contributed by atoms with Crippen LogP contribution in [0, 0.1) is 0 Å². The summed E-state index contributed by atoms with van der Waals surface area (Å²) in [6.07, 6.45) is 2.92. The molecule has 0 unspecified atom stereocenters. The minimum Gasteiger partial charge on any atom is -0.388 e. The van der Waals surface area contributed by atoms with Crippen molar-refractivity contribution < 1.29 is 9.90 Å². The average molecular weight is 307 g/mol. The van der Waals surface area contributed by atoms with Crippen molar-refractivity contribution in [2.24, 2.45) is 0 Å². The molecule has 1 N–H and O–H groups in total. The molecule has 1 heterocycles. The molecular weight excluding hydrogens is 282 g/mol. The molecule has 1 aliphatic rings. The number of amides is 1. The van der Waals surface area contributed by atoms with Gasteiger partial charge in [-0.05, 0) is 38.7 Å². The van der Waals surface area contributed by atoms with E-state index >= 15 is 0 Å². The lowest BCUT2D eigenvalue weighted by atomic mass is 9.98. The largest absolute Gasteiger partial charge is 0.388 e. The van der Waals surface area contributed by atoms with E-state index in [-0.39, 0.29) is 5.91 Å². The lowest BCUT2D eigenvalue weighted by Crippen LogP contribution is -2.48. The van der Waals surface area contributed by atoms with Crippen LogP contribution in [-0.2, 0) is 4.79 Å². The summed E-state index contributed by atoms with van der Waals surface area (Å²) in [5, 5.41) is 10.1. The molecule has 0 bridgehead atoms. The van der Waals surface area contributed by atoms with E-state index in [1.54, 1.807) is 0 Å². The summed E-state index contributed by atoms with van der Waals surface area (Å²) in [7, 11) is 0. The van der Waals surface area contributed by atoms with E-state index in [9.17, 15) is 9.90 Å². The van der Waals surface area contributed by atoms with Gasteiger partial charge in [0.05, 0.1) is 11.9 Å². The number of likely N-dealkylation sites (tertiary alicyclic amines) is 1. The van der Waals surface area contributed by atoms with Crippen LogP contribution in [0.25, 0.3) is 0 Å². The number of thioether (sulfide) groups is 1. The van der Waals surface area contributed by atoms with Gasteiger partial charge >= 0.3 is 0 Å². The van der Waals surface area contributed by atoms with Crippen molar-refractivity contribution in [2.75, 3.05) is 11.5 Å². The molecule has 1 aromatic rings. The summed E-state index contributed by atoms with van der Waals surface area (Å²) >= 11 is 1.52. The molecule has 1 fully saturated rings. The van der Waals surface area contributed by atoms with Gasteiger partial charge in [-0.3, -0.25) is 4.79 Å². The van der Waals surface area contributed by atoms with Crippen molar-refractivity contribution in [1.29, 1.82) is 0 Å². The van der Waals surface area contributed by atoms with E-state index in [1.807, 2.05) is 35.2 Å². The van der Waals surface area contributed by atoms with Crippen LogP contribution in [0.1, 0.15) is 44.8 Å². The summed E-state index contributed by atoms with van der Waals surface area (Å²) in [6, 6.07) is 10.3. The van der Waals surface area contributed by atoms with Crippen molar-refractivity contribution in [1.82, 2.24) is 4.90 Å². The Balaban J connectivity index is 1.79. The zero-order chi connectivity index (χ0) is 15.2. The molecule has 4 heteroatoms. The predicted molar refractivity (Wildman–Crippen MR) is 88.3 cm³/mol. The molecule has 0 spiro atoms. The van der Waals surface area contributed by atoms with Gasteiger partial charge < -0.3 is 10.0 Å². The Morgan fingerprint density at radius 1 is 1.29 bits per heavy atom. The van der Waals surface area contributed by atoms with Crippen LogP contribution in [0.15, 0.2) is 30.3 Å². The molecule has 116 valence electrons. The number of carbonyl (C=O) groups is 1. The van der Waals surface area contributed by atoms with E-state index in [1.165, 1.54) is 18.2 Å². The van der Waals surface area contributed by atoms with Crippen molar-refractivity contribution in [2.45, 2.75) is 51.3 Å². The number of aliphatic hydroxyl groups excluding tert-OH is 1. The monoisotopic (exact) mass is 307 g/mol. The van der Waals surface area contributed by atoms with E-state index in [0.29, 0.717) is 23.6 Å². The molecule has 3 atom stereocenters. The molecule has 2 rings (SSSR count). The molecule has 21 heavy (non-hydrogen) atoms. The topological polar surface area (TPSA) is 40.5 Å². The van der Waals surface area contributed by atoms with Crippen LogP contribution in [-0.4, -0.2) is 39.5 Å². The number of aliphatic hydroxyl groups is 1. The highest BCUT2D eigenvalue weighted by molar-refractivity contribution is 7.99. The normalized spacial score (nSPS) is 23.9. The highest BCUT2D eigenvalue weighted by Gasteiger charge is 2.28. The van der Waals surface area contributed by atoms with Crippen LogP contribution in [0.5, 0.6) is 0 Å². The SMILES string of the molecule is C[C@@H]1CCC[C@H](C)N1C(=O)CSC[C@@H](O)c1ccccc1. The van der Waals surface area contributed by atoms with Gasteiger partial charge in [0.1, 0.15) is 0 Å². The smallest absolute Gasteiger partial charge is 0.233 e. The van der Waals surface area contributed by atoms with Gasteiger partial charge in [0.25, 0.3) is 0 Å². The van der Waals surface area contributed by atoms with E-state index < -0.39 is 6.10 Å². The van der Waals surface area contributed by atoms with E-state index in [4.69, 9.17) is 0 Å². The van der Waals surface area contributed by atoms with Gasteiger partial charge in [-0.1, -0.05) is 30.3 Å². The van der Waals surface area contributed by atoms with Crippen molar-refractivity contribution in [3.05, 3.63) is 35.9 Å². The fourth-order valence-electron chi connectivity index (χ4n) is 3.02. The number of hydrogen-bond donors (Lipinski definition) is 1. The summed E-state index contributed by atoms with van der Waals surface area (Å²) in [6.45, 7) is 4.27. The first-order valence-corrected chi connectivity index (χ1v) is 8.87. The Bertz CT molecular complexity index is 441. The van der Waals surface area contributed by atoms with Crippen LogP contribution >= 0.6 is 11.8 Å². The molecule has 1 aliphatic heterocycles. The van der Waals surface area contributed by atoms with E-state index in [2.05, 4.69) is 13.8 Å². The van der Waals surface area contributed by atoms with Crippen molar-refractivity contribution in [3.63, 3.8) is 0 Å². The molecule has 3 nitrogen and oxygen atoms in total. The molecule has 1 saturated heterocycles. The molecule has 0 saturated carbocycles. The number of piperidine rings is 1. The molecule has 1 amide bonds. The third kappa shape index (κ3) is 4.48. The number of benzene rings is 1. The third-order valence-corrected chi connectivity index (χ3v) is 5.17. The van der Waals surface area contributed by atoms with Gasteiger partial charge in [0, 0.05) is 17.8 Å². The van der Waals surface area contributed by atoms with Crippen LogP contribution < -0.4 is 0 Å². The maximum absolute atomic E-state index is 12.4. The highest BCUT2D eigenvalue weighted by atomic mass is 32.2. The first-order chi connectivity index (χ1) is 10.1. The Morgan fingerprint density at radius 3 is 2.52 bits per heavy atom. The third-order valence-electron chi connectivity index (χ3n) is 4.17.